The van der Waals surface area contributed by atoms with Crippen molar-refractivity contribution in [2.45, 2.75) is 13.3 Å². The quantitative estimate of drug-likeness (QED) is 0.496. The number of ether oxygens (including phenoxy) is 1. The number of piperazine rings is 1. The van der Waals surface area contributed by atoms with E-state index < -0.39 is 0 Å². The number of benzene rings is 1. The van der Waals surface area contributed by atoms with E-state index in [0.29, 0.717) is 23.1 Å². The number of hydrogen-bond acceptors (Lipinski definition) is 8. The zero-order valence-electron chi connectivity index (χ0n) is 18.5. The molecule has 1 saturated heterocycles. The average Bonchev–Trinajstić information content (AvgIpc) is 3.52. The minimum atomic E-state index is -0.0593. The Bertz CT molecular complexity index is 1010. The maximum Gasteiger partial charge on any atom is 0.261 e. The fraction of sp³-hybridized carbons (Fsp3) is 0.435. The summed E-state index contributed by atoms with van der Waals surface area (Å²) >= 11 is 1.36. The Morgan fingerprint density at radius 3 is 2.59 bits per heavy atom. The molecule has 0 saturated carbocycles. The lowest BCUT2D eigenvalue weighted by molar-refractivity contribution is 0.0952. The first-order chi connectivity index (χ1) is 15.7. The first-order valence-corrected chi connectivity index (χ1v) is 11.8. The summed E-state index contributed by atoms with van der Waals surface area (Å²) in [7, 11) is 1.62. The molecule has 1 aliphatic rings. The van der Waals surface area contributed by atoms with Gasteiger partial charge < -0.3 is 24.4 Å². The highest BCUT2D eigenvalue weighted by atomic mass is 32.1. The Balaban J connectivity index is 1.26. The lowest BCUT2D eigenvalue weighted by atomic mass is 10.2. The molecule has 9 heteroatoms. The molecule has 1 amide bonds. The van der Waals surface area contributed by atoms with Gasteiger partial charge in [-0.25, -0.2) is 0 Å². The van der Waals surface area contributed by atoms with Gasteiger partial charge in [0.25, 0.3) is 11.8 Å². The number of likely N-dealkylation sites (N-methyl/N-ethyl adjacent to an activating group) is 1. The van der Waals surface area contributed by atoms with E-state index in [1.807, 2.05) is 36.4 Å². The molecule has 1 N–H and O–H groups in total. The van der Waals surface area contributed by atoms with Gasteiger partial charge in [0, 0.05) is 38.3 Å². The smallest absolute Gasteiger partial charge is 0.261 e. The number of carbonyl (C=O) groups is 1. The van der Waals surface area contributed by atoms with Gasteiger partial charge in [-0.1, -0.05) is 12.1 Å². The van der Waals surface area contributed by atoms with E-state index in [1.54, 1.807) is 7.11 Å². The van der Waals surface area contributed by atoms with E-state index in [-0.39, 0.29) is 5.91 Å². The predicted molar refractivity (Wildman–Crippen MR) is 125 cm³/mol. The summed E-state index contributed by atoms with van der Waals surface area (Å²) in [6, 6.07) is 11.1. The molecule has 4 rings (SSSR count). The molecule has 3 aromatic rings. The monoisotopic (exact) mass is 455 g/mol. The largest absolute Gasteiger partial charge is 0.497 e. The van der Waals surface area contributed by atoms with Gasteiger partial charge in [-0.05, 0) is 55.9 Å². The highest BCUT2D eigenvalue weighted by Gasteiger charge is 2.17. The number of nitrogens with zero attached hydrogens (tertiary/aromatic N) is 4. The van der Waals surface area contributed by atoms with Crippen LogP contribution in [0.15, 0.2) is 40.9 Å². The molecule has 0 bridgehead atoms. The van der Waals surface area contributed by atoms with Crippen molar-refractivity contribution in [3.63, 3.8) is 0 Å². The molecule has 0 unspecified atom stereocenters. The van der Waals surface area contributed by atoms with Gasteiger partial charge in [-0.2, -0.15) is 4.98 Å². The van der Waals surface area contributed by atoms with Crippen LogP contribution in [-0.2, 0) is 0 Å². The van der Waals surface area contributed by atoms with Gasteiger partial charge in [0.15, 0.2) is 0 Å². The minimum absolute atomic E-state index is 0.0593. The van der Waals surface area contributed by atoms with E-state index in [0.717, 1.165) is 61.9 Å². The molecule has 1 aliphatic heterocycles. The summed E-state index contributed by atoms with van der Waals surface area (Å²) in [6.45, 7) is 9.51. The van der Waals surface area contributed by atoms with Crippen molar-refractivity contribution < 1.29 is 14.1 Å². The van der Waals surface area contributed by atoms with Gasteiger partial charge in [-0.3, -0.25) is 4.79 Å². The Kier molecular flexibility index (Phi) is 7.51. The number of rotatable bonds is 9. The molecule has 1 aromatic carbocycles. The molecular formula is C23H29N5O3S. The van der Waals surface area contributed by atoms with E-state index in [4.69, 9.17) is 9.26 Å². The Labute approximate surface area is 192 Å². The van der Waals surface area contributed by atoms with Crippen molar-refractivity contribution in [1.82, 2.24) is 25.3 Å². The van der Waals surface area contributed by atoms with Crippen molar-refractivity contribution >= 4 is 17.2 Å². The number of aromatic nitrogens is 2. The normalized spacial score (nSPS) is 15.1. The van der Waals surface area contributed by atoms with E-state index in [1.165, 1.54) is 11.3 Å². The summed E-state index contributed by atoms with van der Waals surface area (Å²) < 4.78 is 10.6. The van der Waals surface area contributed by atoms with Crippen molar-refractivity contribution in [3.8, 4) is 27.9 Å². The van der Waals surface area contributed by atoms with Gasteiger partial charge in [0.05, 0.1) is 16.9 Å². The molecule has 1 fully saturated rings. The van der Waals surface area contributed by atoms with Crippen LogP contribution in [-0.4, -0.2) is 78.8 Å². The number of hydrogen-bond donors (Lipinski definition) is 1. The van der Waals surface area contributed by atoms with Gasteiger partial charge >= 0.3 is 0 Å². The third-order valence-electron chi connectivity index (χ3n) is 5.66. The van der Waals surface area contributed by atoms with Crippen LogP contribution in [0.25, 0.3) is 22.2 Å². The van der Waals surface area contributed by atoms with Crippen LogP contribution in [0.3, 0.4) is 0 Å². The van der Waals surface area contributed by atoms with Crippen molar-refractivity contribution in [1.29, 1.82) is 0 Å². The second kappa shape index (κ2) is 10.7. The van der Waals surface area contributed by atoms with Crippen molar-refractivity contribution in [3.05, 3.63) is 41.3 Å². The van der Waals surface area contributed by atoms with Crippen LogP contribution in [0.2, 0.25) is 0 Å². The first-order valence-electron chi connectivity index (χ1n) is 11.0. The molecule has 3 heterocycles. The molecule has 0 atom stereocenters. The third-order valence-corrected chi connectivity index (χ3v) is 6.74. The number of amides is 1. The second-order valence-electron chi connectivity index (χ2n) is 7.70. The lowest BCUT2D eigenvalue weighted by Gasteiger charge is -2.33. The van der Waals surface area contributed by atoms with Crippen LogP contribution in [0.1, 0.15) is 23.0 Å². The maximum atomic E-state index is 12.5. The fourth-order valence-electron chi connectivity index (χ4n) is 3.68. The van der Waals surface area contributed by atoms with Crippen LogP contribution in [0.5, 0.6) is 5.75 Å². The molecule has 0 spiro atoms. The van der Waals surface area contributed by atoms with E-state index >= 15 is 0 Å². The Morgan fingerprint density at radius 2 is 1.88 bits per heavy atom. The molecule has 0 radical (unpaired) electrons. The molecule has 0 aliphatic carbocycles. The zero-order valence-corrected chi connectivity index (χ0v) is 19.4. The van der Waals surface area contributed by atoms with Crippen LogP contribution < -0.4 is 10.1 Å². The first kappa shape index (κ1) is 22.4. The Hall–Kier alpha value is -2.75. The summed E-state index contributed by atoms with van der Waals surface area (Å²) in [5.41, 5.74) is 0.815. The Morgan fingerprint density at radius 1 is 1.12 bits per heavy atom. The fourth-order valence-corrected chi connectivity index (χ4v) is 4.52. The number of carbonyl (C=O) groups excluding carboxylic acids is 1. The van der Waals surface area contributed by atoms with E-state index in [2.05, 4.69) is 32.2 Å². The van der Waals surface area contributed by atoms with Gasteiger partial charge in [-0.15, -0.1) is 11.3 Å². The van der Waals surface area contributed by atoms with Crippen LogP contribution in [0, 0.1) is 0 Å². The predicted octanol–water partition coefficient (Wildman–Crippen LogP) is 3.23. The highest BCUT2D eigenvalue weighted by Crippen LogP contribution is 2.28. The zero-order chi connectivity index (χ0) is 22.3. The second-order valence-corrected chi connectivity index (χ2v) is 8.78. The molecule has 8 nitrogen and oxygen atoms in total. The number of nitrogens with one attached hydrogen (secondary N) is 1. The van der Waals surface area contributed by atoms with Crippen molar-refractivity contribution in [2.24, 2.45) is 0 Å². The lowest BCUT2D eigenvalue weighted by Crippen LogP contribution is -2.46. The molecule has 32 heavy (non-hydrogen) atoms. The van der Waals surface area contributed by atoms with Crippen LogP contribution >= 0.6 is 11.3 Å². The summed E-state index contributed by atoms with van der Waals surface area (Å²) in [6.07, 6.45) is 0.951. The summed E-state index contributed by atoms with van der Waals surface area (Å²) in [4.78, 5) is 23.4. The van der Waals surface area contributed by atoms with Gasteiger partial charge in [0.2, 0.25) is 5.82 Å². The van der Waals surface area contributed by atoms with E-state index in [9.17, 15) is 4.79 Å². The van der Waals surface area contributed by atoms with Crippen LogP contribution in [0.4, 0.5) is 0 Å². The topological polar surface area (TPSA) is 83.7 Å². The SMILES string of the molecule is CCN1CCN(CCCNC(=O)c2ccc(-c3noc(-c4ccc(OC)cc4)n3)s2)CC1. The number of methoxy groups -OCH3 is 1. The average molecular weight is 456 g/mol. The molecular weight excluding hydrogens is 426 g/mol. The highest BCUT2D eigenvalue weighted by molar-refractivity contribution is 7.17. The van der Waals surface area contributed by atoms with Gasteiger partial charge in [0.1, 0.15) is 5.75 Å². The molecule has 2 aromatic heterocycles. The molecule has 170 valence electrons. The summed E-state index contributed by atoms with van der Waals surface area (Å²) in [5, 5.41) is 7.09. The summed E-state index contributed by atoms with van der Waals surface area (Å²) in [5.74, 6) is 1.62. The minimum Gasteiger partial charge on any atom is -0.497 e. The third kappa shape index (κ3) is 5.53. The maximum absolute atomic E-state index is 12.5. The standard InChI is InChI=1S/C23H29N5O3S/c1-3-27-13-15-28(16-14-27)12-4-11-24-22(29)20-10-9-19(32-20)21-25-23(31-26-21)17-5-7-18(30-2)8-6-17/h5-10H,3-4,11-16H2,1-2H3,(H,24,29). The number of thiophene rings is 1. The van der Waals surface area contributed by atoms with Crippen molar-refractivity contribution in [2.75, 3.05) is 52.9 Å².